The first-order valence-electron chi connectivity index (χ1n) is 4.25. The normalized spacial score (nSPS) is 23.6. The van der Waals surface area contributed by atoms with E-state index < -0.39 is 17.4 Å². The Hall–Kier alpha value is -1.86. The van der Waals surface area contributed by atoms with Gasteiger partial charge in [0.25, 0.3) is 5.69 Å². The number of nitro groups is 1. The molecule has 1 aliphatic rings. The zero-order chi connectivity index (χ0) is 11.0. The van der Waals surface area contributed by atoms with Crippen LogP contribution in [0.1, 0.15) is 0 Å². The van der Waals surface area contributed by atoms with Crippen molar-refractivity contribution in [1.29, 1.82) is 0 Å². The summed E-state index contributed by atoms with van der Waals surface area (Å²) in [5.41, 5.74) is 0.826. The Bertz CT molecular complexity index is 409. The Morgan fingerprint density at radius 2 is 1.80 bits per heavy atom. The van der Waals surface area contributed by atoms with E-state index in [1.165, 1.54) is 18.2 Å². The largest absolute Gasteiger partial charge is 0.369 e. The fourth-order valence-corrected chi connectivity index (χ4v) is 1.37. The first-order chi connectivity index (χ1) is 7.08. The number of nitrogens with zero attached hydrogens (tertiary/aromatic N) is 1. The predicted octanol–water partition coefficient (Wildman–Crippen LogP) is 0.0690. The second kappa shape index (κ2) is 3.37. The van der Waals surface area contributed by atoms with Gasteiger partial charge in [-0.15, -0.1) is 0 Å². The van der Waals surface area contributed by atoms with Gasteiger partial charge in [-0.25, -0.2) is 0 Å². The van der Waals surface area contributed by atoms with Gasteiger partial charge in [-0.2, -0.15) is 0 Å². The monoisotopic (exact) mass is 211 g/mol. The van der Waals surface area contributed by atoms with E-state index in [0.29, 0.717) is 11.4 Å². The fraction of sp³-hybridized carbons (Fsp3) is 0.250. The van der Waals surface area contributed by atoms with Crippen LogP contribution >= 0.6 is 0 Å². The molecule has 0 radical (unpaired) electrons. The quantitative estimate of drug-likeness (QED) is 0.386. The number of nitro benzene ring substituents is 1. The number of hydrogen-bond acceptors (Lipinski definition) is 6. The van der Waals surface area contributed by atoms with E-state index in [2.05, 4.69) is 10.6 Å². The van der Waals surface area contributed by atoms with Crippen molar-refractivity contribution in [2.75, 3.05) is 10.6 Å². The maximum atomic E-state index is 10.5. The number of non-ortho nitro benzene ring substituents is 1. The highest BCUT2D eigenvalue weighted by molar-refractivity contribution is 5.74. The number of hydrogen-bond donors (Lipinski definition) is 4. The summed E-state index contributed by atoms with van der Waals surface area (Å²) >= 11 is 0. The Balaban J connectivity index is 2.37. The van der Waals surface area contributed by atoms with Crippen molar-refractivity contribution >= 4 is 17.1 Å². The molecule has 7 heteroatoms. The molecular weight excluding hydrogens is 202 g/mol. The molecule has 1 aromatic carbocycles. The molecule has 2 unspecified atom stereocenters. The van der Waals surface area contributed by atoms with Crippen LogP contribution in [-0.4, -0.2) is 27.6 Å². The lowest BCUT2D eigenvalue weighted by Crippen LogP contribution is -2.42. The van der Waals surface area contributed by atoms with Crippen LogP contribution < -0.4 is 10.6 Å². The summed E-state index contributed by atoms with van der Waals surface area (Å²) in [4.78, 5) is 9.95. The lowest BCUT2D eigenvalue weighted by molar-refractivity contribution is -0.384. The SMILES string of the molecule is O=[N+]([O-])c1ccc2c(c1)NC(O)C(O)N2. The second-order valence-corrected chi connectivity index (χ2v) is 3.17. The van der Waals surface area contributed by atoms with Crippen molar-refractivity contribution in [2.24, 2.45) is 0 Å². The number of fused-ring (bicyclic) bond motifs is 1. The molecule has 1 aromatic rings. The summed E-state index contributed by atoms with van der Waals surface area (Å²) < 4.78 is 0. The highest BCUT2D eigenvalue weighted by Gasteiger charge is 2.24. The Labute approximate surface area is 84.5 Å². The molecule has 0 amide bonds. The average Bonchev–Trinajstić information content (AvgIpc) is 2.19. The molecule has 0 aliphatic carbocycles. The smallest absolute Gasteiger partial charge is 0.271 e. The molecule has 0 bridgehead atoms. The van der Waals surface area contributed by atoms with Crippen LogP contribution in [0.3, 0.4) is 0 Å². The highest BCUT2D eigenvalue weighted by Crippen LogP contribution is 2.30. The molecule has 0 aromatic heterocycles. The lowest BCUT2D eigenvalue weighted by atomic mass is 10.2. The maximum absolute atomic E-state index is 10.5. The van der Waals surface area contributed by atoms with E-state index in [4.69, 9.17) is 0 Å². The minimum atomic E-state index is -1.18. The lowest BCUT2D eigenvalue weighted by Gasteiger charge is -2.29. The summed E-state index contributed by atoms with van der Waals surface area (Å²) in [5.74, 6) is 0. The van der Waals surface area contributed by atoms with E-state index in [9.17, 15) is 20.3 Å². The number of anilines is 2. The second-order valence-electron chi connectivity index (χ2n) is 3.17. The van der Waals surface area contributed by atoms with Gasteiger partial charge in [0.15, 0.2) is 12.5 Å². The fourth-order valence-electron chi connectivity index (χ4n) is 1.37. The van der Waals surface area contributed by atoms with E-state index in [1.54, 1.807) is 0 Å². The minimum Gasteiger partial charge on any atom is -0.369 e. The van der Waals surface area contributed by atoms with Crippen LogP contribution in [0.2, 0.25) is 0 Å². The average molecular weight is 211 g/mol. The summed E-state index contributed by atoms with van der Waals surface area (Å²) in [6, 6.07) is 4.07. The van der Waals surface area contributed by atoms with E-state index in [0.717, 1.165) is 0 Å². The predicted molar refractivity (Wildman–Crippen MR) is 52.4 cm³/mol. The van der Waals surface area contributed by atoms with Crippen molar-refractivity contribution in [3.8, 4) is 0 Å². The summed E-state index contributed by atoms with van der Waals surface area (Å²) in [6.07, 6.45) is -2.31. The number of nitrogens with one attached hydrogen (secondary N) is 2. The molecule has 1 aliphatic heterocycles. The third kappa shape index (κ3) is 1.69. The minimum absolute atomic E-state index is 0.0772. The Kier molecular flexibility index (Phi) is 2.18. The van der Waals surface area contributed by atoms with Gasteiger partial charge in [-0.1, -0.05) is 0 Å². The highest BCUT2D eigenvalue weighted by atomic mass is 16.6. The molecule has 1 heterocycles. The van der Waals surface area contributed by atoms with Crippen LogP contribution in [0.4, 0.5) is 17.1 Å². The Morgan fingerprint density at radius 1 is 1.20 bits per heavy atom. The molecule has 2 atom stereocenters. The van der Waals surface area contributed by atoms with Crippen LogP contribution in [0.15, 0.2) is 18.2 Å². The van der Waals surface area contributed by atoms with Gasteiger partial charge in [0.05, 0.1) is 16.3 Å². The van der Waals surface area contributed by atoms with E-state index in [1.807, 2.05) is 0 Å². The van der Waals surface area contributed by atoms with E-state index in [-0.39, 0.29) is 5.69 Å². The summed E-state index contributed by atoms with van der Waals surface area (Å²) in [5, 5.41) is 34.1. The zero-order valence-corrected chi connectivity index (χ0v) is 7.54. The molecule has 15 heavy (non-hydrogen) atoms. The van der Waals surface area contributed by atoms with Gasteiger partial charge in [0.2, 0.25) is 0 Å². The van der Waals surface area contributed by atoms with Gasteiger partial charge in [-0.3, -0.25) is 10.1 Å². The third-order valence-electron chi connectivity index (χ3n) is 2.12. The topological polar surface area (TPSA) is 108 Å². The van der Waals surface area contributed by atoms with Crippen molar-refractivity contribution in [2.45, 2.75) is 12.5 Å². The number of aliphatic hydroxyl groups is 2. The van der Waals surface area contributed by atoms with Gasteiger partial charge in [-0.05, 0) is 6.07 Å². The van der Waals surface area contributed by atoms with Gasteiger partial charge < -0.3 is 20.8 Å². The molecular formula is C8H9N3O4. The van der Waals surface area contributed by atoms with Crippen LogP contribution in [0.5, 0.6) is 0 Å². The van der Waals surface area contributed by atoms with Gasteiger partial charge >= 0.3 is 0 Å². The van der Waals surface area contributed by atoms with Crippen molar-refractivity contribution in [1.82, 2.24) is 0 Å². The van der Waals surface area contributed by atoms with Gasteiger partial charge in [0.1, 0.15) is 0 Å². The van der Waals surface area contributed by atoms with Crippen LogP contribution in [-0.2, 0) is 0 Å². The van der Waals surface area contributed by atoms with Gasteiger partial charge in [0, 0.05) is 12.1 Å². The van der Waals surface area contributed by atoms with Crippen LogP contribution in [0, 0.1) is 10.1 Å². The standard InChI is InChI=1S/C8H9N3O4/c12-7-8(13)10-6-3-4(11(14)15)1-2-5(6)9-7/h1-3,7-10,12-13H. The third-order valence-corrected chi connectivity index (χ3v) is 2.12. The molecule has 0 saturated heterocycles. The summed E-state index contributed by atoms with van der Waals surface area (Å²) in [6.45, 7) is 0. The van der Waals surface area contributed by atoms with Crippen LogP contribution in [0.25, 0.3) is 0 Å². The number of aliphatic hydroxyl groups excluding tert-OH is 2. The molecule has 80 valence electrons. The number of rotatable bonds is 1. The first kappa shape index (κ1) is 9.69. The molecule has 2 rings (SSSR count). The molecule has 0 saturated carbocycles. The van der Waals surface area contributed by atoms with Crippen molar-refractivity contribution < 1.29 is 15.1 Å². The van der Waals surface area contributed by atoms with Crippen molar-refractivity contribution in [3.63, 3.8) is 0 Å². The first-order valence-corrected chi connectivity index (χ1v) is 4.25. The summed E-state index contributed by atoms with van der Waals surface area (Å²) in [7, 11) is 0. The van der Waals surface area contributed by atoms with E-state index >= 15 is 0 Å². The number of benzene rings is 1. The molecule has 0 spiro atoms. The molecule has 7 nitrogen and oxygen atoms in total. The zero-order valence-electron chi connectivity index (χ0n) is 7.54. The molecule has 0 fully saturated rings. The van der Waals surface area contributed by atoms with Crippen molar-refractivity contribution in [3.05, 3.63) is 28.3 Å². The Morgan fingerprint density at radius 3 is 2.40 bits per heavy atom. The molecule has 4 N–H and O–H groups in total. The maximum Gasteiger partial charge on any atom is 0.271 e.